The van der Waals surface area contributed by atoms with Crippen LogP contribution in [0.15, 0.2) is 18.2 Å². The van der Waals surface area contributed by atoms with E-state index in [2.05, 4.69) is 0 Å². The molecule has 1 aromatic rings. The lowest BCUT2D eigenvalue weighted by molar-refractivity contribution is -0.137. The summed E-state index contributed by atoms with van der Waals surface area (Å²) in [4.78, 5) is 11.1. The Labute approximate surface area is 85.9 Å². The maximum atomic E-state index is 12.4. The first-order valence-electron chi connectivity index (χ1n) is 4.57. The van der Waals surface area contributed by atoms with Crippen molar-refractivity contribution in [3.05, 3.63) is 34.9 Å². The van der Waals surface area contributed by atoms with Crippen molar-refractivity contribution in [3.63, 3.8) is 0 Å². The molecule has 0 aliphatic carbocycles. The minimum atomic E-state index is -4.35. The summed E-state index contributed by atoms with van der Waals surface area (Å²) in [5.41, 5.74) is 0.104. The van der Waals surface area contributed by atoms with Gasteiger partial charge in [-0.25, -0.2) is 0 Å². The van der Waals surface area contributed by atoms with Crippen LogP contribution in [0.25, 0.3) is 0 Å². The third kappa shape index (κ3) is 2.58. The maximum Gasteiger partial charge on any atom is 0.416 e. The van der Waals surface area contributed by atoms with Crippen LogP contribution in [0.1, 0.15) is 35.3 Å². The second-order valence-corrected chi connectivity index (χ2v) is 3.28. The van der Waals surface area contributed by atoms with Crippen LogP contribution in [0.5, 0.6) is 0 Å². The Morgan fingerprint density at radius 2 is 1.93 bits per heavy atom. The number of halogens is 3. The normalized spacial score (nSPS) is 11.5. The number of carbonyl (C=O) groups is 1. The highest BCUT2D eigenvalue weighted by atomic mass is 19.4. The Hall–Kier alpha value is -1.32. The van der Waals surface area contributed by atoms with E-state index < -0.39 is 11.7 Å². The molecule has 0 spiro atoms. The second-order valence-electron chi connectivity index (χ2n) is 3.28. The van der Waals surface area contributed by atoms with E-state index >= 15 is 0 Å². The number of aryl methyl sites for hydroxylation is 1. The molecule has 15 heavy (non-hydrogen) atoms. The van der Waals surface area contributed by atoms with Crippen LogP contribution in [-0.4, -0.2) is 5.78 Å². The average molecular weight is 216 g/mol. The highest BCUT2D eigenvalue weighted by molar-refractivity contribution is 5.95. The lowest BCUT2D eigenvalue weighted by Gasteiger charge is -2.10. The van der Waals surface area contributed by atoms with Gasteiger partial charge in [-0.3, -0.25) is 4.79 Å². The Bertz CT molecular complexity index is 380. The Morgan fingerprint density at radius 3 is 2.33 bits per heavy atom. The molecule has 0 heterocycles. The fourth-order valence-electron chi connectivity index (χ4n) is 1.41. The molecule has 0 N–H and O–H groups in total. The van der Waals surface area contributed by atoms with Gasteiger partial charge in [-0.1, -0.05) is 13.0 Å². The number of rotatable bonds is 2. The number of hydrogen-bond donors (Lipinski definition) is 0. The van der Waals surface area contributed by atoms with Gasteiger partial charge in [0.15, 0.2) is 5.78 Å². The fraction of sp³-hybridized carbons (Fsp3) is 0.364. The summed E-state index contributed by atoms with van der Waals surface area (Å²) in [7, 11) is 0. The van der Waals surface area contributed by atoms with Crippen LogP contribution in [-0.2, 0) is 12.6 Å². The van der Waals surface area contributed by atoms with Crippen molar-refractivity contribution in [2.24, 2.45) is 0 Å². The third-order valence-corrected chi connectivity index (χ3v) is 2.19. The zero-order valence-corrected chi connectivity index (χ0v) is 8.48. The minimum absolute atomic E-state index is 0.208. The van der Waals surface area contributed by atoms with E-state index in [-0.39, 0.29) is 5.78 Å². The van der Waals surface area contributed by atoms with Gasteiger partial charge >= 0.3 is 6.18 Å². The van der Waals surface area contributed by atoms with Gasteiger partial charge in [0.05, 0.1) is 5.56 Å². The Morgan fingerprint density at radius 1 is 1.33 bits per heavy atom. The number of Topliss-reactive ketones (excluding diaryl/α,β-unsaturated/α-hetero) is 1. The molecule has 0 aromatic heterocycles. The minimum Gasteiger partial charge on any atom is -0.295 e. The molecule has 0 aliphatic heterocycles. The van der Waals surface area contributed by atoms with Crippen molar-refractivity contribution in [2.45, 2.75) is 26.4 Å². The van der Waals surface area contributed by atoms with Crippen molar-refractivity contribution < 1.29 is 18.0 Å². The first-order valence-corrected chi connectivity index (χ1v) is 4.57. The van der Waals surface area contributed by atoms with Gasteiger partial charge < -0.3 is 0 Å². The molecular formula is C11H11F3O. The summed E-state index contributed by atoms with van der Waals surface area (Å²) in [5.74, 6) is -0.208. The zero-order valence-electron chi connectivity index (χ0n) is 8.48. The molecule has 0 saturated heterocycles. The molecule has 1 nitrogen and oxygen atoms in total. The molecule has 0 unspecified atom stereocenters. The lowest BCUT2D eigenvalue weighted by Crippen LogP contribution is -2.08. The third-order valence-electron chi connectivity index (χ3n) is 2.19. The predicted octanol–water partition coefficient (Wildman–Crippen LogP) is 3.47. The smallest absolute Gasteiger partial charge is 0.295 e. The monoisotopic (exact) mass is 216 g/mol. The summed E-state index contributed by atoms with van der Waals surface area (Å²) in [5, 5.41) is 0. The number of benzene rings is 1. The van der Waals surface area contributed by atoms with Gasteiger partial charge in [0.25, 0.3) is 0 Å². The topological polar surface area (TPSA) is 17.1 Å². The van der Waals surface area contributed by atoms with Crippen LogP contribution in [0.3, 0.4) is 0 Å². The SMILES string of the molecule is CCc1cc(C(F)(F)F)ccc1C(C)=O. The highest BCUT2D eigenvalue weighted by Gasteiger charge is 2.30. The first-order chi connectivity index (χ1) is 6.86. The summed E-state index contributed by atoms with van der Waals surface area (Å²) in [6.07, 6.45) is -3.93. The Balaban J connectivity index is 3.25. The molecule has 0 atom stereocenters. The van der Waals surface area contributed by atoms with E-state index in [4.69, 9.17) is 0 Å². The van der Waals surface area contributed by atoms with Crippen LogP contribution in [0.2, 0.25) is 0 Å². The second kappa shape index (κ2) is 4.04. The molecule has 4 heteroatoms. The molecule has 0 saturated carbocycles. The van der Waals surface area contributed by atoms with Gasteiger partial charge in [-0.15, -0.1) is 0 Å². The van der Waals surface area contributed by atoms with Gasteiger partial charge in [-0.05, 0) is 31.0 Å². The largest absolute Gasteiger partial charge is 0.416 e. The zero-order chi connectivity index (χ0) is 11.6. The van der Waals surface area contributed by atoms with Crippen molar-refractivity contribution in [2.75, 3.05) is 0 Å². The van der Waals surface area contributed by atoms with Crippen molar-refractivity contribution in [3.8, 4) is 0 Å². The first kappa shape index (κ1) is 11.8. The van der Waals surface area contributed by atoms with Crippen LogP contribution in [0.4, 0.5) is 13.2 Å². The molecular weight excluding hydrogens is 205 g/mol. The molecule has 0 bridgehead atoms. The van der Waals surface area contributed by atoms with Crippen LogP contribution < -0.4 is 0 Å². The van der Waals surface area contributed by atoms with Crippen molar-refractivity contribution >= 4 is 5.78 Å². The molecule has 0 radical (unpaired) electrons. The summed E-state index contributed by atoms with van der Waals surface area (Å²) in [6, 6.07) is 3.22. The van der Waals surface area contributed by atoms with Gasteiger partial charge in [0.2, 0.25) is 0 Å². The number of ketones is 1. The fourth-order valence-corrected chi connectivity index (χ4v) is 1.41. The van der Waals surface area contributed by atoms with Gasteiger partial charge in [0, 0.05) is 5.56 Å². The van der Waals surface area contributed by atoms with E-state index in [9.17, 15) is 18.0 Å². The lowest BCUT2D eigenvalue weighted by atomic mass is 9.99. The molecule has 0 amide bonds. The summed E-state index contributed by atoms with van der Waals surface area (Å²) >= 11 is 0. The van der Waals surface area contributed by atoms with Crippen molar-refractivity contribution in [1.29, 1.82) is 0 Å². The predicted molar refractivity (Wildman–Crippen MR) is 50.8 cm³/mol. The molecule has 1 rings (SSSR count). The van der Waals surface area contributed by atoms with E-state index in [1.165, 1.54) is 13.0 Å². The quantitative estimate of drug-likeness (QED) is 0.692. The summed E-state index contributed by atoms with van der Waals surface area (Å²) < 4.78 is 37.1. The number of hydrogen-bond acceptors (Lipinski definition) is 1. The number of alkyl halides is 3. The molecule has 1 aromatic carbocycles. The van der Waals surface area contributed by atoms with E-state index in [1.807, 2.05) is 0 Å². The molecule has 0 fully saturated rings. The van der Waals surface area contributed by atoms with E-state index in [1.54, 1.807) is 6.92 Å². The molecule has 0 aliphatic rings. The Kier molecular flexibility index (Phi) is 3.17. The van der Waals surface area contributed by atoms with Crippen molar-refractivity contribution in [1.82, 2.24) is 0 Å². The van der Waals surface area contributed by atoms with E-state index in [0.29, 0.717) is 17.5 Å². The highest BCUT2D eigenvalue weighted by Crippen LogP contribution is 2.30. The molecule has 82 valence electrons. The van der Waals surface area contributed by atoms with Crippen LogP contribution >= 0.6 is 0 Å². The standard InChI is InChI=1S/C11H11F3O/c1-3-8-6-9(11(12,13)14)4-5-10(8)7(2)15/h4-6H,3H2,1-2H3. The van der Waals surface area contributed by atoms with Gasteiger partial charge in [-0.2, -0.15) is 13.2 Å². The van der Waals surface area contributed by atoms with E-state index in [0.717, 1.165) is 12.1 Å². The van der Waals surface area contributed by atoms with Crippen LogP contribution in [0, 0.1) is 0 Å². The number of carbonyl (C=O) groups excluding carboxylic acids is 1. The maximum absolute atomic E-state index is 12.4. The average Bonchev–Trinajstić information content (AvgIpc) is 2.15. The van der Waals surface area contributed by atoms with Gasteiger partial charge in [0.1, 0.15) is 0 Å². The summed E-state index contributed by atoms with van der Waals surface area (Å²) in [6.45, 7) is 3.07.